The third-order valence-electron chi connectivity index (χ3n) is 4.87. The molecule has 7 heteroatoms. The van der Waals surface area contributed by atoms with E-state index in [9.17, 15) is 9.59 Å². The second-order valence-corrected chi connectivity index (χ2v) is 8.36. The maximum atomic E-state index is 12.7. The highest BCUT2D eigenvalue weighted by molar-refractivity contribution is 7.14. The molecule has 27 heavy (non-hydrogen) atoms. The molecule has 144 valence electrons. The van der Waals surface area contributed by atoms with Crippen molar-refractivity contribution in [2.24, 2.45) is 0 Å². The van der Waals surface area contributed by atoms with Crippen LogP contribution in [-0.4, -0.2) is 49.4 Å². The molecule has 0 unspecified atom stereocenters. The van der Waals surface area contributed by atoms with Crippen LogP contribution in [0.25, 0.3) is 0 Å². The molecule has 1 aliphatic heterocycles. The summed E-state index contributed by atoms with van der Waals surface area (Å²) >= 11 is 7.68. The number of quaternary nitrogens is 1. The van der Waals surface area contributed by atoms with Crippen LogP contribution in [0.3, 0.4) is 0 Å². The average molecular weight is 407 g/mol. The summed E-state index contributed by atoms with van der Waals surface area (Å²) in [5.74, 6) is 0.0571. The molecule has 1 aromatic heterocycles. The number of rotatable bonds is 5. The number of halogens is 1. The third-order valence-corrected chi connectivity index (χ3v) is 6.57. The lowest BCUT2D eigenvalue weighted by Crippen LogP contribution is -3.15. The minimum absolute atomic E-state index is 0.0562. The molecule has 0 aliphatic carbocycles. The molecule has 0 saturated carbocycles. The molecule has 3 rings (SSSR count). The van der Waals surface area contributed by atoms with E-state index in [1.165, 1.54) is 15.3 Å². The van der Waals surface area contributed by atoms with Gasteiger partial charge in [-0.05, 0) is 37.1 Å². The first-order chi connectivity index (χ1) is 13.0. The maximum absolute atomic E-state index is 12.7. The zero-order valence-corrected chi connectivity index (χ0v) is 17.3. The van der Waals surface area contributed by atoms with Crippen molar-refractivity contribution in [2.45, 2.75) is 20.3 Å². The number of para-hydroxylation sites is 1. The van der Waals surface area contributed by atoms with Gasteiger partial charge in [0.15, 0.2) is 6.54 Å². The van der Waals surface area contributed by atoms with Crippen LogP contribution in [0.4, 0.5) is 5.69 Å². The number of piperazine rings is 1. The Morgan fingerprint density at radius 1 is 1.26 bits per heavy atom. The Hall–Kier alpha value is -1.89. The monoisotopic (exact) mass is 406 g/mol. The fourth-order valence-electron chi connectivity index (χ4n) is 3.32. The largest absolute Gasteiger partial charge is 0.327 e. The summed E-state index contributed by atoms with van der Waals surface area (Å²) in [6.07, 6.45) is 0.961. The van der Waals surface area contributed by atoms with Crippen molar-refractivity contribution in [1.82, 2.24) is 4.90 Å². The summed E-state index contributed by atoms with van der Waals surface area (Å²) in [5, 5.41) is 3.40. The molecule has 0 bridgehead atoms. The summed E-state index contributed by atoms with van der Waals surface area (Å²) in [4.78, 5) is 30.2. The van der Waals surface area contributed by atoms with Crippen molar-refractivity contribution in [3.63, 3.8) is 0 Å². The SMILES string of the molecule is CCc1sc(C(=O)N2CC[NH+](CC(=O)Nc3ccccc3Cl)CC2)cc1C. The number of benzene rings is 1. The number of hydrogen-bond acceptors (Lipinski definition) is 3. The second-order valence-electron chi connectivity index (χ2n) is 6.82. The predicted octanol–water partition coefficient (Wildman–Crippen LogP) is 2.25. The van der Waals surface area contributed by atoms with Crippen LogP contribution in [-0.2, 0) is 11.2 Å². The number of aryl methyl sites for hydroxylation is 2. The molecule has 1 fully saturated rings. The molecule has 1 aromatic carbocycles. The first-order valence-electron chi connectivity index (χ1n) is 9.24. The van der Waals surface area contributed by atoms with Crippen LogP contribution >= 0.6 is 22.9 Å². The maximum Gasteiger partial charge on any atom is 0.279 e. The predicted molar refractivity (Wildman–Crippen MR) is 110 cm³/mol. The fraction of sp³-hybridized carbons (Fsp3) is 0.400. The summed E-state index contributed by atoms with van der Waals surface area (Å²) < 4.78 is 0. The Morgan fingerprint density at radius 3 is 2.59 bits per heavy atom. The second kappa shape index (κ2) is 8.87. The summed E-state index contributed by atoms with van der Waals surface area (Å²) in [7, 11) is 0. The molecule has 2 N–H and O–H groups in total. The number of carbonyl (C=O) groups is 2. The van der Waals surface area contributed by atoms with Crippen LogP contribution in [0.5, 0.6) is 0 Å². The van der Waals surface area contributed by atoms with Crippen molar-refractivity contribution < 1.29 is 14.5 Å². The summed E-state index contributed by atoms with van der Waals surface area (Å²) in [5.41, 5.74) is 1.84. The van der Waals surface area contributed by atoms with Gasteiger partial charge < -0.3 is 15.1 Å². The molecule has 2 heterocycles. The average Bonchev–Trinajstić information content (AvgIpc) is 3.04. The summed E-state index contributed by atoms with van der Waals surface area (Å²) in [6, 6.07) is 9.22. The standard InChI is InChI=1S/C20H24ClN3O2S/c1-3-17-14(2)12-18(27-17)20(26)24-10-8-23(9-11-24)13-19(25)22-16-7-5-4-6-15(16)21/h4-7,12H,3,8-11,13H2,1-2H3,(H,22,25)/p+1. The minimum Gasteiger partial charge on any atom is -0.327 e. The van der Waals surface area contributed by atoms with E-state index >= 15 is 0 Å². The fourth-order valence-corrected chi connectivity index (χ4v) is 4.58. The van der Waals surface area contributed by atoms with Crippen molar-refractivity contribution in [1.29, 1.82) is 0 Å². The van der Waals surface area contributed by atoms with Crippen molar-refractivity contribution in [2.75, 3.05) is 38.0 Å². The zero-order valence-electron chi connectivity index (χ0n) is 15.7. The molecule has 0 radical (unpaired) electrons. The number of carbonyl (C=O) groups excluding carboxylic acids is 2. The van der Waals surface area contributed by atoms with Crippen molar-refractivity contribution >= 4 is 40.4 Å². The van der Waals surface area contributed by atoms with E-state index in [1.807, 2.05) is 23.1 Å². The van der Waals surface area contributed by atoms with Gasteiger partial charge in [0.1, 0.15) is 0 Å². The van der Waals surface area contributed by atoms with Gasteiger partial charge in [-0.15, -0.1) is 11.3 Å². The van der Waals surface area contributed by atoms with Gasteiger partial charge in [0, 0.05) is 4.88 Å². The van der Waals surface area contributed by atoms with Crippen LogP contribution in [0.2, 0.25) is 5.02 Å². The summed E-state index contributed by atoms with van der Waals surface area (Å²) in [6.45, 7) is 7.44. The molecular weight excluding hydrogens is 382 g/mol. The van der Waals surface area contributed by atoms with Gasteiger partial charge in [0.2, 0.25) is 0 Å². The lowest BCUT2D eigenvalue weighted by molar-refractivity contribution is -0.895. The van der Waals surface area contributed by atoms with E-state index in [-0.39, 0.29) is 11.8 Å². The number of thiophene rings is 1. The number of amides is 2. The topological polar surface area (TPSA) is 53.9 Å². The highest BCUT2D eigenvalue weighted by Crippen LogP contribution is 2.23. The number of hydrogen-bond donors (Lipinski definition) is 2. The number of nitrogens with zero attached hydrogens (tertiary/aromatic N) is 1. The van der Waals surface area contributed by atoms with E-state index in [4.69, 9.17) is 11.6 Å². The van der Waals surface area contributed by atoms with Crippen LogP contribution in [0.1, 0.15) is 27.0 Å². The molecule has 5 nitrogen and oxygen atoms in total. The normalized spacial score (nSPS) is 15.0. The van der Waals surface area contributed by atoms with Crippen LogP contribution < -0.4 is 10.2 Å². The van der Waals surface area contributed by atoms with Crippen LogP contribution in [0.15, 0.2) is 30.3 Å². The molecule has 0 spiro atoms. The highest BCUT2D eigenvalue weighted by Gasteiger charge is 2.27. The number of nitrogens with one attached hydrogen (secondary N) is 2. The molecule has 0 atom stereocenters. The van der Waals surface area contributed by atoms with Gasteiger partial charge in [-0.25, -0.2) is 0 Å². The van der Waals surface area contributed by atoms with E-state index in [0.717, 1.165) is 24.4 Å². The van der Waals surface area contributed by atoms with Gasteiger partial charge >= 0.3 is 0 Å². The molecular formula is C20H25ClN3O2S+. The first-order valence-corrected chi connectivity index (χ1v) is 10.4. The van der Waals surface area contributed by atoms with Gasteiger partial charge in [-0.1, -0.05) is 30.7 Å². The van der Waals surface area contributed by atoms with Gasteiger partial charge in [0.25, 0.3) is 11.8 Å². The van der Waals surface area contributed by atoms with Crippen molar-refractivity contribution in [3.05, 3.63) is 50.7 Å². The third kappa shape index (κ3) is 4.89. The Labute approximate surface area is 168 Å². The molecule has 2 aromatic rings. The Morgan fingerprint density at radius 2 is 1.96 bits per heavy atom. The Kier molecular flexibility index (Phi) is 6.52. The van der Waals surface area contributed by atoms with Gasteiger partial charge in [-0.2, -0.15) is 0 Å². The van der Waals surface area contributed by atoms with E-state index in [1.54, 1.807) is 23.5 Å². The van der Waals surface area contributed by atoms with Gasteiger partial charge in [0.05, 0.1) is 41.8 Å². The van der Waals surface area contributed by atoms with Gasteiger partial charge in [-0.3, -0.25) is 9.59 Å². The first kappa shape index (κ1) is 19.9. The lowest BCUT2D eigenvalue weighted by Gasteiger charge is -2.31. The van der Waals surface area contributed by atoms with Crippen LogP contribution in [0, 0.1) is 6.92 Å². The molecule has 1 saturated heterocycles. The minimum atomic E-state index is -0.0562. The Balaban J connectivity index is 1.50. The quantitative estimate of drug-likeness (QED) is 0.800. The smallest absolute Gasteiger partial charge is 0.279 e. The molecule has 1 aliphatic rings. The highest BCUT2D eigenvalue weighted by atomic mass is 35.5. The van der Waals surface area contributed by atoms with E-state index in [2.05, 4.69) is 19.2 Å². The zero-order chi connectivity index (χ0) is 19.4. The molecule has 2 amide bonds. The Bertz CT molecular complexity index is 828. The number of anilines is 1. The van der Waals surface area contributed by atoms with E-state index in [0.29, 0.717) is 30.3 Å². The van der Waals surface area contributed by atoms with E-state index < -0.39 is 0 Å². The lowest BCUT2D eigenvalue weighted by atomic mass is 10.2. The van der Waals surface area contributed by atoms with Crippen molar-refractivity contribution in [3.8, 4) is 0 Å².